The lowest BCUT2D eigenvalue weighted by Gasteiger charge is -2.09. The summed E-state index contributed by atoms with van der Waals surface area (Å²) in [4.78, 5) is 15.6. The average Bonchev–Trinajstić information content (AvgIpc) is 2.88. The second-order valence-corrected chi connectivity index (χ2v) is 4.46. The zero-order valence-corrected chi connectivity index (χ0v) is 12.4. The first-order chi connectivity index (χ1) is 8.34. The highest BCUT2D eigenvalue weighted by Gasteiger charge is 2.14. The zero-order valence-electron chi connectivity index (χ0n) is 10.8. The molecule has 2 rings (SSSR count). The number of amides is 1. The number of hydrogen-bond donors (Lipinski definition) is 2. The van der Waals surface area contributed by atoms with Gasteiger partial charge in [0, 0.05) is 31.4 Å². The van der Waals surface area contributed by atoms with Crippen molar-refractivity contribution in [1.82, 2.24) is 15.6 Å². The quantitative estimate of drug-likeness (QED) is 0.875. The van der Waals surface area contributed by atoms with E-state index in [-0.39, 0.29) is 30.7 Å². The van der Waals surface area contributed by atoms with Crippen molar-refractivity contribution in [2.24, 2.45) is 0 Å². The molecule has 19 heavy (non-hydrogen) atoms. The van der Waals surface area contributed by atoms with Crippen molar-refractivity contribution in [2.75, 3.05) is 6.54 Å². The molecule has 2 N–H and O–H groups in total. The van der Waals surface area contributed by atoms with Crippen molar-refractivity contribution in [3.63, 3.8) is 0 Å². The minimum Gasteiger partial charge on any atom is -0.352 e. The molecule has 0 spiro atoms. The van der Waals surface area contributed by atoms with E-state index < -0.39 is 0 Å². The summed E-state index contributed by atoms with van der Waals surface area (Å²) < 4.78 is 0. The SMILES string of the molecule is Cl.Cl.O=C(CCC1CCCN1)NCc1ccncc1. The summed E-state index contributed by atoms with van der Waals surface area (Å²) in [5, 5.41) is 6.33. The number of carbonyl (C=O) groups is 1. The van der Waals surface area contributed by atoms with Gasteiger partial charge < -0.3 is 10.6 Å². The Kier molecular flexibility index (Phi) is 9.57. The first-order valence-electron chi connectivity index (χ1n) is 6.23. The van der Waals surface area contributed by atoms with Crippen LogP contribution in [0.3, 0.4) is 0 Å². The van der Waals surface area contributed by atoms with Crippen molar-refractivity contribution in [3.05, 3.63) is 30.1 Å². The maximum atomic E-state index is 11.6. The standard InChI is InChI=1S/C13H19N3O.2ClH/c17-13(4-3-12-2-1-7-15-12)16-10-11-5-8-14-9-6-11;;/h5-6,8-9,12,15H,1-4,7,10H2,(H,16,17);2*1H. The average molecular weight is 306 g/mol. The third-order valence-electron chi connectivity index (χ3n) is 3.12. The van der Waals surface area contributed by atoms with E-state index in [1.54, 1.807) is 12.4 Å². The Morgan fingerprint density at radius 1 is 1.37 bits per heavy atom. The van der Waals surface area contributed by atoms with E-state index in [1.165, 1.54) is 12.8 Å². The van der Waals surface area contributed by atoms with Crippen molar-refractivity contribution >= 4 is 30.7 Å². The summed E-state index contributed by atoms with van der Waals surface area (Å²) >= 11 is 0. The Hall–Kier alpha value is -0.840. The largest absolute Gasteiger partial charge is 0.352 e. The predicted octanol–water partition coefficient (Wildman–Crippen LogP) is 2.07. The summed E-state index contributed by atoms with van der Waals surface area (Å²) in [7, 11) is 0. The Balaban J connectivity index is 0.00000162. The fourth-order valence-electron chi connectivity index (χ4n) is 2.10. The maximum absolute atomic E-state index is 11.6. The van der Waals surface area contributed by atoms with Gasteiger partial charge in [-0.15, -0.1) is 24.8 Å². The van der Waals surface area contributed by atoms with Crippen molar-refractivity contribution in [2.45, 2.75) is 38.3 Å². The second-order valence-electron chi connectivity index (χ2n) is 4.46. The molecule has 0 aliphatic carbocycles. The smallest absolute Gasteiger partial charge is 0.220 e. The molecule has 4 nitrogen and oxygen atoms in total. The van der Waals surface area contributed by atoms with Gasteiger partial charge in [0.1, 0.15) is 0 Å². The Labute approximate surface area is 126 Å². The lowest BCUT2D eigenvalue weighted by molar-refractivity contribution is -0.121. The van der Waals surface area contributed by atoms with Gasteiger partial charge in [0.25, 0.3) is 0 Å². The van der Waals surface area contributed by atoms with E-state index in [0.717, 1.165) is 18.5 Å². The van der Waals surface area contributed by atoms with Gasteiger partial charge in [-0.05, 0) is 43.5 Å². The number of halogens is 2. The number of pyridine rings is 1. The van der Waals surface area contributed by atoms with Crippen molar-refractivity contribution in [1.29, 1.82) is 0 Å². The molecule has 1 aromatic heterocycles. The highest BCUT2D eigenvalue weighted by Crippen LogP contribution is 2.10. The number of aromatic nitrogens is 1. The lowest BCUT2D eigenvalue weighted by atomic mass is 10.1. The molecule has 0 aromatic carbocycles. The van der Waals surface area contributed by atoms with Gasteiger partial charge in [0.15, 0.2) is 0 Å². The van der Waals surface area contributed by atoms with E-state index >= 15 is 0 Å². The third kappa shape index (κ3) is 6.76. The molecule has 1 unspecified atom stereocenters. The monoisotopic (exact) mass is 305 g/mol. The highest BCUT2D eigenvalue weighted by molar-refractivity contribution is 5.85. The molecule has 1 amide bonds. The van der Waals surface area contributed by atoms with E-state index in [2.05, 4.69) is 15.6 Å². The Morgan fingerprint density at radius 3 is 2.74 bits per heavy atom. The topological polar surface area (TPSA) is 54.0 Å². The number of rotatable bonds is 5. The fraction of sp³-hybridized carbons (Fsp3) is 0.538. The van der Waals surface area contributed by atoms with Crippen LogP contribution >= 0.6 is 24.8 Å². The summed E-state index contributed by atoms with van der Waals surface area (Å²) in [5.41, 5.74) is 1.09. The van der Waals surface area contributed by atoms with Crippen LogP contribution in [-0.4, -0.2) is 23.5 Å². The molecule has 1 aromatic rings. The molecule has 1 fully saturated rings. The van der Waals surface area contributed by atoms with E-state index in [4.69, 9.17) is 0 Å². The van der Waals surface area contributed by atoms with Gasteiger partial charge in [-0.2, -0.15) is 0 Å². The Bertz CT molecular complexity index is 356. The van der Waals surface area contributed by atoms with Crippen molar-refractivity contribution < 1.29 is 4.79 Å². The first kappa shape index (κ1) is 18.2. The molecule has 1 aliphatic heterocycles. The molecule has 1 saturated heterocycles. The number of hydrogen-bond acceptors (Lipinski definition) is 3. The van der Waals surface area contributed by atoms with Gasteiger partial charge in [-0.25, -0.2) is 0 Å². The predicted molar refractivity (Wildman–Crippen MR) is 80.8 cm³/mol. The van der Waals surface area contributed by atoms with E-state index in [9.17, 15) is 4.79 Å². The van der Waals surface area contributed by atoms with Crippen molar-refractivity contribution in [3.8, 4) is 0 Å². The molecule has 2 heterocycles. The number of carbonyl (C=O) groups excluding carboxylic acids is 1. The van der Waals surface area contributed by atoms with Crippen LogP contribution in [0.5, 0.6) is 0 Å². The molecule has 1 aliphatic rings. The van der Waals surface area contributed by atoms with Crippen LogP contribution in [0.2, 0.25) is 0 Å². The summed E-state index contributed by atoms with van der Waals surface area (Å²) in [6, 6.07) is 4.37. The summed E-state index contributed by atoms with van der Waals surface area (Å²) in [6.07, 6.45) is 7.49. The van der Waals surface area contributed by atoms with Gasteiger partial charge in [0.2, 0.25) is 5.91 Å². The van der Waals surface area contributed by atoms with Crippen LogP contribution in [0.4, 0.5) is 0 Å². The maximum Gasteiger partial charge on any atom is 0.220 e. The zero-order chi connectivity index (χ0) is 11.9. The summed E-state index contributed by atoms with van der Waals surface area (Å²) in [6.45, 7) is 1.70. The first-order valence-corrected chi connectivity index (χ1v) is 6.23. The highest BCUT2D eigenvalue weighted by atomic mass is 35.5. The molecule has 108 valence electrons. The number of nitrogens with zero attached hydrogens (tertiary/aromatic N) is 1. The second kappa shape index (κ2) is 10.0. The molecular formula is C13H21Cl2N3O. The van der Waals surface area contributed by atoms with Gasteiger partial charge in [0.05, 0.1) is 0 Å². The molecule has 6 heteroatoms. The normalized spacial score (nSPS) is 17.2. The minimum absolute atomic E-state index is 0. The van der Waals surface area contributed by atoms with E-state index in [0.29, 0.717) is 19.0 Å². The van der Waals surface area contributed by atoms with Gasteiger partial charge in [-0.1, -0.05) is 0 Å². The molecular weight excluding hydrogens is 285 g/mol. The van der Waals surface area contributed by atoms with Gasteiger partial charge >= 0.3 is 0 Å². The van der Waals surface area contributed by atoms with Crippen LogP contribution in [0.15, 0.2) is 24.5 Å². The number of nitrogens with one attached hydrogen (secondary N) is 2. The third-order valence-corrected chi connectivity index (χ3v) is 3.12. The van der Waals surface area contributed by atoms with E-state index in [1.807, 2.05) is 12.1 Å². The molecule has 0 saturated carbocycles. The van der Waals surface area contributed by atoms with Crippen LogP contribution in [0.1, 0.15) is 31.2 Å². The van der Waals surface area contributed by atoms with Gasteiger partial charge in [-0.3, -0.25) is 9.78 Å². The fourth-order valence-corrected chi connectivity index (χ4v) is 2.10. The van der Waals surface area contributed by atoms with Crippen LogP contribution < -0.4 is 10.6 Å². The lowest BCUT2D eigenvalue weighted by Crippen LogP contribution is -2.27. The minimum atomic E-state index is 0. The summed E-state index contributed by atoms with van der Waals surface area (Å²) in [5.74, 6) is 0.135. The van der Waals surface area contributed by atoms with Crippen LogP contribution in [-0.2, 0) is 11.3 Å². The van der Waals surface area contributed by atoms with Crippen LogP contribution in [0.25, 0.3) is 0 Å². The molecule has 1 atom stereocenters. The molecule has 0 bridgehead atoms. The molecule has 0 radical (unpaired) electrons. The Morgan fingerprint density at radius 2 is 2.11 bits per heavy atom. The van der Waals surface area contributed by atoms with Crippen LogP contribution in [0, 0.1) is 0 Å².